The van der Waals surface area contributed by atoms with Crippen LogP contribution in [0.15, 0.2) is 27.9 Å². The lowest BCUT2D eigenvalue weighted by Gasteiger charge is -2.05. The molecular formula is C17H23N5O2. The molecule has 128 valence electrons. The second kappa shape index (κ2) is 6.14. The van der Waals surface area contributed by atoms with Gasteiger partial charge in [-0.25, -0.2) is 4.79 Å². The van der Waals surface area contributed by atoms with Gasteiger partial charge in [-0.1, -0.05) is 25.5 Å². The Morgan fingerprint density at radius 2 is 2.00 bits per heavy atom. The molecule has 0 aliphatic carbocycles. The van der Waals surface area contributed by atoms with Crippen LogP contribution in [-0.4, -0.2) is 23.1 Å². The number of aromatic nitrogens is 5. The summed E-state index contributed by atoms with van der Waals surface area (Å²) in [6.07, 6.45) is 7.67. The van der Waals surface area contributed by atoms with Gasteiger partial charge in [0.25, 0.3) is 5.56 Å². The fraction of sp³-hybridized carbons (Fsp3) is 0.471. The van der Waals surface area contributed by atoms with E-state index in [9.17, 15) is 9.59 Å². The predicted octanol–water partition coefficient (Wildman–Crippen LogP) is 1.83. The molecule has 7 nitrogen and oxygen atoms in total. The van der Waals surface area contributed by atoms with Gasteiger partial charge in [0.1, 0.15) is 0 Å². The molecule has 0 bridgehead atoms. The summed E-state index contributed by atoms with van der Waals surface area (Å²) < 4.78 is 6.61. The quantitative estimate of drug-likeness (QED) is 0.671. The average Bonchev–Trinajstić information content (AvgIpc) is 3.06. The minimum atomic E-state index is -0.344. The molecule has 3 aromatic heterocycles. The fourth-order valence-electron chi connectivity index (χ4n) is 3.02. The van der Waals surface area contributed by atoms with E-state index < -0.39 is 0 Å². The van der Waals surface area contributed by atoms with Crippen molar-refractivity contribution >= 4 is 16.9 Å². The highest BCUT2D eigenvalue weighted by atomic mass is 16.2. The SMILES string of the molecule is C/C=C\Cn1c(=O)c2c(nc3n(CCCC)c(C)cn23)n(C)c1=O. The van der Waals surface area contributed by atoms with E-state index in [1.165, 1.54) is 9.13 Å². The van der Waals surface area contributed by atoms with Crippen molar-refractivity contribution < 1.29 is 0 Å². The van der Waals surface area contributed by atoms with Crippen LogP contribution in [0.25, 0.3) is 16.9 Å². The van der Waals surface area contributed by atoms with Crippen molar-refractivity contribution in [2.45, 2.75) is 46.7 Å². The molecule has 0 aromatic carbocycles. The first-order valence-corrected chi connectivity index (χ1v) is 8.30. The first-order chi connectivity index (χ1) is 11.5. The van der Waals surface area contributed by atoms with Gasteiger partial charge in [-0.15, -0.1) is 0 Å². The Morgan fingerprint density at radius 3 is 2.67 bits per heavy atom. The lowest BCUT2D eigenvalue weighted by atomic mass is 10.3. The van der Waals surface area contributed by atoms with Gasteiger partial charge in [0.2, 0.25) is 5.78 Å². The first kappa shape index (κ1) is 16.3. The summed E-state index contributed by atoms with van der Waals surface area (Å²) in [5, 5.41) is 0. The molecule has 0 spiro atoms. The van der Waals surface area contributed by atoms with Crippen LogP contribution < -0.4 is 11.2 Å². The number of allylic oxidation sites excluding steroid dienone is 2. The average molecular weight is 329 g/mol. The monoisotopic (exact) mass is 329 g/mol. The third kappa shape index (κ3) is 2.31. The standard InChI is InChI=1S/C17H23N5O2/c1-5-7-9-20-12(3)11-22-13-14(18-16(20)22)19(4)17(24)21(15(13)23)10-8-6-2/h6,8,11H,5,7,9-10H2,1-4H3/b8-6-. The van der Waals surface area contributed by atoms with E-state index >= 15 is 0 Å². The van der Waals surface area contributed by atoms with Crippen LogP contribution in [0, 0.1) is 6.92 Å². The van der Waals surface area contributed by atoms with Crippen LogP contribution in [-0.2, 0) is 20.1 Å². The largest absolute Gasteiger partial charge is 0.332 e. The van der Waals surface area contributed by atoms with E-state index in [0.717, 1.165) is 25.1 Å². The topological polar surface area (TPSA) is 66.2 Å². The molecule has 3 aromatic rings. The Bertz CT molecular complexity index is 1050. The molecule has 0 aliphatic rings. The van der Waals surface area contributed by atoms with Gasteiger partial charge in [0.15, 0.2) is 11.2 Å². The molecule has 0 N–H and O–H groups in total. The van der Waals surface area contributed by atoms with Gasteiger partial charge in [-0.05, 0) is 20.3 Å². The first-order valence-electron chi connectivity index (χ1n) is 8.30. The summed E-state index contributed by atoms with van der Waals surface area (Å²) in [6.45, 7) is 7.13. The number of hydrogen-bond donors (Lipinski definition) is 0. The molecule has 0 unspecified atom stereocenters. The molecule has 0 atom stereocenters. The normalized spacial score (nSPS) is 12.2. The van der Waals surface area contributed by atoms with Crippen molar-refractivity contribution in [1.29, 1.82) is 0 Å². The summed E-state index contributed by atoms with van der Waals surface area (Å²) in [7, 11) is 1.66. The maximum Gasteiger partial charge on any atom is 0.332 e. The van der Waals surface area contributed by atoms with E-state index in [1.807, 2.05) is 30.5 Å². The second-order valence-corrected chi connectivity index (χ2v) is 6.06. The van der Waals surface area contributed by atoms with Gasteiger partial charge in [0.05, 0.1) is 0 Å². The lowest BCUT2D eigenvalue weighted by molar-refractivity contribution is 0.631. The Balaban J connectivity index is 2.37. The van der Waals surface area contributed by atoms with Crippen molar-refractivity contribution in [3.8, 4) is 0 Å². The predicted molar refractivity (Wildman–Crippen MR) is 94.6 cm³/mol. The molecular weight excluding hydrogens is 306 g/mol. The molecule has 0 saturated carbocycles. The van der Waals surface area contributed by atoms with Crippen molar-refractivity contribution in [2.75, 3.05) is 0 Å². The summed E-state index contributed by atoms with van der Waals surface area (Å²) in [5.41, 5.74) is 1.30. The van der Waals surface area contributed by atoms with Crippen molar-refractivity contribution in [3.05, 3.63) is 44.9 Å². The van der Waals surface area contributed by atoms with Crippen LogP contribution >= 0.6 is 0 Å². The Hall–Kier alpha value is -2.57. The Kier molecular flexibility index (Phi) is 4.17. The number of hydrogen-bond acceptors (Lipinski definition) is 3. The highest BCUT2D eigenvalue weighted by Crippen LogP contribution is 2.16. The Labute approximate surface area is 139 Å². The third-order valence-electron chi connectivity index (χ3n) is 4.40. The maximum atomic E-state index is 12.9. The fourth-order valence-corrected chi connectivity index (χ4v) is 3.02. The molecule has 3 heterocycles. The summed E-state index contributed by atoms with van der Waals surface area (Å²) >= 11 is 0. The summed E-state index contributed by atoms with van der Waals surface area (Å²) in [5.74, 6) is 0.715. The molecule has 0 aliphatic heterocycles. The number of rotatable bonds is 5. The van der Waals surface area contributed by atoms with Crippen LogP contribution in [0.2, 0.25) is 0 Å². The number of aryl methyl sites for hydroxylation is 3. The van der Waals surface area contributed by atoms with Crippen LogP contribution in [0.3, 0.4) is 0 Å². The van der Waals surface area contributed by atoms with Gasteiger partial charge in [-0.3, -0.25) is 18.3 Å². The van der Waals surface area contributed by atoms with Crippen LogP contribution in [0.1, 0.15) is 32.4 Å². The van der Waals surface area contributed by atoms with Gasteiger partial charge < -0.3 is 4.57 Å². The number of imidazole rings is 2. The number of nitrogens with zero attached hydrogens (tertiary/aromatic N) is 5. The molecule has 0 fully saturated rings. The minimum Gasteiger partial charge on any atom is -0.314 e. The van der Waals surface area contributed by atoms with Crippen molar-refractivity contribution in [2.24, 2.45) is 7.05 Å². The number of fused-ring (bicyclic) bond motifs is 3. The molecule has 7 heteroatoms. The molecule has 0 radical (unpaired) electrons. The zero-order valence-corrected chi connectivity index (χ0v) is 14.6. The van der Waals surface area contributed by atoms with E-state index in [2.05, 4.69) is 16.5 Å². The molecule has 3 rings (SSSR count). The molecule has 0 amide bonds. The molecule has 24 heavy (non-hydrogen) atoms. The molecule has 0 saturated heterocycles. The van der Waals surface area contributed by atoms with Crippen molar-refractivity contribution in [1.82, 2.24) is 23.1 Å². The van der Waals surface area contributed by atoms with Crippen LogP contribution in [0.5, 0.6) is 0 Å². The van der Waals surface area contributed by atoms with Crippen LogP contribution in [0.4, 0.5) is 0 Å². The van der Waals surface area contributed by atoms with E-state index in [-0.39, 0.29) is 17.8 Å². The van der Waals surface area contributed by atoms with E-state index in [1.54, 1.807) is 13.1 Å². The lowest BCUT2D eigenvalue weighted by Crippen LogP contribution is -2.39. The minimum absolute atomic E-state index is 0.265. The highest BCUT2D eigenvalue weighted by Gasteiger charge is 2.19. The second-order valence-electron chi connectivity index (χ2n) is 6.06. The highest BCUT2D eigenvalue weighted by molar-refractivity contribution is 5.75. The maximum absolute atomic E-state index is 12.9. The van der Waals surface area contributed by atoms with E-state index in [4.69, 9.17) is 0 Å². The van der Waals surface area contributed by atoms with Gasteiger partial charge in [0, 0.05) is 32.0 Å². The van der Waals surface area contributed by atoms with Gasteiger partial charge >= 0.3 is 5.69 Å². The smallest absolute Gasteiger partial charge is 0.314 e. The number of unbranched alkanes of at least 4 members (excludes halogenated alkanes) is 1. The zero-order chi connectivity index (χ0) is 17.4. The van der Waals surface area contributed by atoms with Crippen molar-refractivity contribution in [3.63, 3.8) is 0 Å². The Morgan fingerprint density at radius 1 is 1.25 bits per heavy atom. The third-order valence-corrected chi connectivity index (χ3v) is 4.40. The summed E-state index contributed by atoms with van der Waals surface area (Å²) in [4.78, 5) is 29.9. The van der Waals surface area contributed by atoms with E-state index in [0.29, 0.717) is 16.9 Å². The van der Waals surface area contributed by atoms with Gasteiger partial charge in [-0.2, -0.15) is 4.98 Å². The zero-order valence-electron chi connectivity index (χ0n) is 14.6. The summed E-state index contributed by atoms with van der Waals surface area (Å²) in [6, 6.07) is 0.